The van der Waals surface area contributed by atoms with E-state index in [2.05, 4.69) is 36.8 Å². The molecule has 4 aromatic rings. The van der Waals surface area contributed by atoms with Gasteiger partial charge in [-0.05, 0) is 112 Å². The molecule has 23 heteroatoms. The molecule has 4 atom stereocenters. The van der Waals surface area contributed by atoms with E-state index in [-0.39, 0.29) is 47.4 Å². The van der Waals surface area contributed by atoms with Crippen LogP contribution in [0.2, 0.25) is 0 Å². The zero-order valence-electron chi connectivity index (χ0n) is 47.0. The minimum atomic E-state index is -0.865. The van der Waals surface area contributed by atoms with Crippen molar-refractivity contribution in [3.63, 3.8) is 0 Å². The predicted molar refractivity (Wildman–Crippen MR) is 315 cm³/mol. The number of hydrogen-bond acceptors (Lipinski definition) is 17. The van der Waals surface area contributed by atoms with Crippen LogP contribution in [0.1, 0.15) is 100.0 Å². The monoisotopic (exact) mass is 1150 g/mol. The van der Waals surface area contributed by atoms with E-state index in [1.54, 1.807) is 72.7 Å². The summed E-state index contributed by atoms with van der Waals surface area (Å²) in [7, 11) is 3.39. The number of hydrogen-bond donors (Lipinski definition) is 8. The Morgan fingerprint density at radius 1 is 0.780 bits per heavy atom. The molecule has 0 saturated carbocycles. The molecule has 4 aromatic carbocycles. The lowest BCUT2D eigenvalue weighted by molar-refractivity contribution is -0.123. The number of urea groups is 1. The second-order valence-corrected chi connectivity index (χ2v) is 21.1. The van der Waals surface area contributed by atoms with Crippen molar-refractivity contribution in [2.75, 3.05) is 85.7 Å². The third-order valence-corrected chi connectivity index (χ3v) is 15.2. The Morgan fingerprint density at radius 2 is 1.43 bits per heavy atom. The number of nitrogens with two attached hydrogens (primary N) is 3. The molecule has 6 amide bonds. The Morgan fingerprint density at radius 3 is 2.12 bits per heavy atom. The molecule has 442 valence electrons. The Kier molecular flexibility index (Phi) is 27.0. The lowest BCUT2D eigenvalue weighted by Crippen LogP contribution is -2.47. The molecule has 0 spiro atoms. The summed E-state index contributed by atoms with van der Waals surface area (Å²) in [4.78, 5) is 78.8. The number of thioether (sulfide) groups is 1. The van der Waals surface area contributed by atoms with Gasteiger partial charge >= 0.3 is 6.03 Å². The average Bonchev–Trinajstić information content (AvgIpc) is 4.16. The summed E-state index contributed by atoms with van der Waals surface area (Å²) in [5, 5.41) is 24.9. The molecular weight excluding hydrogens is 1070 g/mol. The first kappa shape index (κ1) is 63.8. The molecule has 0 aliphatic carbocycles. The van der Waals surface area contributed by atoms with Crippen LogP contribution < -0.4 is 48.6 Å². The van der Waals surface area contributed by atoms with Gasteiger partial charge in [0.15, 0.2) is 5.78 Å². The lowest BCUT2D eigenvalue weighted by atomic mass is 10.0. The van der Waals surface area contributed by atoms with Crippen LogP contribution in [0.3, 0.4) is 0 Å². The number of azo groups is 1. The number of benzene rings is 4. The molecule has 22 nitrogen and oxygen atoms in total. The van der Waals surface area contributed by atoms with Crippen LogP contribution in [0.4, 0.5) is 16.2 Å². The standard InChI is InChI=1S/C59H80N12O10S/c1-70-49-40-82-51(54(49)67-59(70)77)15-6-7-16-53(72)66-52(61)39-71(62)31-9-8-14-47(65-57(75)45-22-24-46(25-23-45)68-69-48-38-41(27-28-60)17-26-50(48)78-2)58(76)64-30-11-33-80-35-37-81-36-34-79-32-10-29-63-56(74)44-20-18-43(19-21-44)55(73)42-12-4-3-5-13-42/h3-5,12-13,17-26,38-39,47,49,51,54H,6-11,14-16,27-37,40,60-62H2,1-2H3,(H,63,74)(H,64,76)(H,65,75)(H,66,72)(H,67,77)/b52-39+,69-68?/t47-,49?,51+,54?/m0/s1. The third-order valence-electron chi connectivity index (χ3n) is 13.7. The summed E-state index contributed by atoms with van der Waals surface area (Å²) in [6, 6.07) is 27.2. The van der Waals surface area contributed by atoms with E-state index in [0.29, 0.717) is 162 Å². The first-order valence-electron chi connectivity index (χ1n) is 28.0. The number of amides is 6. The molecule has 0 radical (unpaired) electrons. The molecule has 2 aliphatic rings. The van der Waals surface area contributed by atoms with E-state index in [9.17, 15) is 28.8 Å². The predicted octanol–water partition coefficient (Wildman–Crippen LogP) is 5.61. The lowest BCUT2D eigenvalue weighted by Gasteiger charge is -2.20. The van der Waals surface area contributed by atoms with Gasteiger partial charge < -0.3 is 66.9 Å². The molecule has 2 aliphatic heterocycles. The van der Waals surface area contributed by atoms with Gasteiger partial charge in [-0.3, -0.25) is 24.0 Å². The van der Waals surface area contributed by atoms with Crippen molar-refractivity contribution >= 4 is 58.6 Å². The van der Waals surface area contributed by atoms with Gasteiger partial charge in [0, 0.05) is 79.6 Å². The number of carbonyl (C=O) groups is 6. The van der Waals surface area contributed by atoms with Crippen LogP contribution in [0, 0.1) is 0 Å². The van der Waals surface area contributed by atoms with E-state index < -0.39 is 11.9 Å². The fourth-order valence-electron chi connectivity index (χ4n) is 9.15. The summed E-state index contributed by atoms with van der Waals surface area (Å²) in [5.74, 6) is 6.48. The average molecular weight is 1150 g/mol. The van der Waals surface area contributed by atoms with Crippen molar-refractivity contribution in [3.05, 3.63) is 137 Å². The normalized spacial score (nSPS) is 16.1. The Balaban J connectivity index is 0.861. The van der Waals surface area contributed by atoms with Gasteiger partial charge in [0.05, 0.1) is 57.5 Å². The van der Waals surface area contributed by atoms with E-state index in [1.807, 2.05) is 55.2 Å². The van der Waals surface area contributed by atoms with Gasteiger partial charge in [-0.2, -0.15) is 16.9 Å². The zero-order valence-corrected chi connectivity index (χ0v) is 47.8. The molecule has 0 aromatic heterocycles. The smallest absolute Gasteiger partial charge is 0.317 e. The van der Waals surface area contributed by atoms with Crippen molar-refractivity contribution < 1.29 is 47.7 Å². The fourth-order valence-corrected chi connectivity index (χ4v) is 10.8. The molecule has 11 N–H and O–H groups in total. The van der Waals surface area contributed by atoms with E-state index in [4.69, 9.17) is 36.3 Å². The minimum absolute atomic E-state index is 0.0270. The van der Waals surface area contributed by atoms with Crippen molar-refractivity contribution in [1.29, 1.82) is 0 Å². The summed E-state index contributed by atoms with van der Waals surface area (Å²) in [6.45, 7) is 3.88. The van der Waals surface area contributed by atoms with Crippen LogP contribution in [-0.2, 0) is 30.2 Å². The highest BCUT2D eigenvalue weighted by Crippen LogP contribution is 2.36. The fraction of sp³-hybridized carbons (Fsp3) is 0.458. The van der Waals surface area contributed by atoms with Crippen LogP contribution in [0.25, 0.3) is 0 Å². The van der Waals surface area contributed by atoms with Crippen LogP contribution in [0.5, 0.6) is 5.75 Å². The summed E-state index contributed by atoms with van der Waals surface area (Å²) in [5.41, 5.74) is 15.8. The SMILES string of the molecule is COc1ccc(CCN)cc1N=Nc1ccc(C(=O)N[C@@H](CCCCN(N)/C=C(\N)NC(=O)CCCC[C@H]2SCC3C2NC(=O)N3C)C(=O)NCCCOCCOCCOCCCNC(=O)c2ccc(C(=O)c3ccccc3)cc2)cc1. The van der Waals surface area contributed by atoms with Gasteiger partial charge in [0.25, 0.3) is 11.8 Å². The number of ketones is 1. The molecule has 82 heavy (non-hydrogen) atoms. The Bertz CT molecular complexity index is 2740. The number of unbranched alkanes of at least 4 members (excludes halogenated alkanes) is 2. The number of fused-ring (bicyclic) bond motifs is 1. The maximum Gasteiger partial charge on any atom is 0.317 e. The second-order valence-electron chi connectivity index (χ2n) is 19.8. The zero-order chi connectivity index (χ0) is 58.5. The van der Waals surface area contributed by atoms with E-state index >= 15 is 0 Å². The van der Waals surface area contributed by atoms with Crippen molar-refractivity contribution in [1.82, 2.24) is 36.5 Å². The first-order valence-corrected chi connectivity index (χ1v) is 29.0. The van der Waals surface area contributed by atoms with Crippen LogP contribution in [-0.4, -0.2) is 154 Å². The number of nitrogens with one attached hydrogen (secondary N) is 5. The quantitative estimate of drug-likeness (QED) is 0.00680. The topological polar surface area (TPSA) is 309 Å². The van der Waals surface area contributed by atoms with E-state index in [0.717, 1.165) is 24.2 Å². The van der Waals surface area contributed by atoms with Crippen LogP contribution >= 0.6 is 11.8 Å². The Labute approximate surface area is 484 Å². The largest absolute Gasteiger partial charge is 0.494 e. The summed E-state index contributed by atoms with van der Waals surface area (Å²) in [6.07, 6.45) is 7.40. The number of nitrogens with zero attached hydrogens (tertiary/aromatic N) is 4. The maximum atomic E-state index is 13.6. The number of likely N-dealkylation sites (N-methyl/N-ethyl adjacent to an activating group) is 1. The molecule has 6 rings (SSSR count). The number of carbonyl (C=O) groups excluding carboxylic acids is 6. The highest BCUT2D eigenvalue weighted by molar-refractivity contribution is 8.00. The molecule has 2 saturated heterocycles. The number of hydrazine groups is 1. The first-order chi connectivity index (χ1) is 39.8. The van der Waals surface area contributed by atoms with Gasteiger partial charge in [-0.25, -0.2) is 10.6 Å². The number of methoxy groups -OCH3 is 1. The highest BCUT2D eigenvalue weighted by atomic mass is 32.2. The highest BCUT2D eigenvalue weighted by Gasteiger charge is 2.46. The van der Waals surface area contributed by atoms with Crippen molar-refractivity contribution in [2.24, 2.45) is 27.5 Å². The van der Waals surface area contributed by atoms with Crippen molar-refractivity contribution in [3.8, 4) is 5.75 Å². The van der Waals surface area contributed by atoms with Gasteiger partial charge in [0.1, 0.15) is 23.3 Å². The molecule has 0 bridgehead atoms. The van der Waals surface area contributed by atoms with Crippen LogP contribution in [0.15, 0.2) is 119 Å². The van der Waals surface area contributed by atoms with Gasteiger partial charge in [-0.15, -0.1) is 5.11 Å². The molecular formula is C59H80N12O10S. The van der Waals surface area contributed by atoms with E-state index in [1.165, 1.54) is 11.2 Å². The summed E-state index contributed by atoms with van der Waals surface area (Å²) >= 11 is 1.87. The van der Waals surface area contributed by atoms with Crippen molar-refractivity contribution in [2.45, 2.75) is 87.6 Å². The molecule has 2 unspecified atom stereocenters. The minimum Gasteiger partial charge on any atom is -0.494 e. The third kappa shape index (κ3) is 21.2. The summed E-state index contributed by atoms with van der Waals surface area (Å²) < 4.78 is 22.4. The molecule has 2 fully saturated rings. The maximum absolute atomic E-state index is 13.6. The van der Waals surface area contributed by atoms with Gasteiger partial charge in [-0.1, -0.05) is 55.0 Å². The second kappa shape index (κ2) is 34.8. The van der Waals surface area contributed by atoms with Gasteiger partial charge in [0.2, 0.25) is 11.8 Å². The number of ether oxygens (including phenoxy) is 4. The molecule has 2 heterocycles. The number of rotatable bonds is 37. The Hall–Kier alpha value is -7.41.